The minimum absolute atomic E-state index is 0.0365. The molecule has 14 heteroatoms. The average Bonchev–Trinajstić information content (AvgIpc) is 3.80. The van der Waals surface area contributed by atoms with Gasteiger partial charge < -0.3 is 13.8 Å². The van der Waals surface area contributed by atoms with Gasteiger partial charge in [-0.2, -0.15) is 10.2 Å². The summed E-state index contributed by atoms with van der Waals surface area (Å²) in [6, 6.07) is 33.1. The largest absolute Gasteiger partial charge is 0.351 e. The molecule has 0 saturated carbocycles. The number of imidazole rings is 1. The van der Waals surface area contributed by atoms with Crippen molar-refractivity contribution in [3.05, 3.63) is 124 Å². The van der Waals surface area contributed by atoms with Crippen LogP contribution in [-0.2, 0) is 24.1 Å². The zero-order chi connectivity index (χ0) is 39.8. The first kappa shape index (κ1) is 40.9. The predicted octanol–water partition coefficient (Wildman–Crippen LogP) is 7.24. The summed E-state index contributed by atoms with van der Waals surface area (Å²) in [5.41, 5.74) is 2.25. The molecule has 1 fully saturated rings. The van der Waals surface area contributed by atoms with Crippen LogP contribution in [-0.4, -0.2) is 67.5 Å². The van der Waals surface area contributed by atoms with Crippen molar-refractivity contribution < 1.29 is 18.6 Å². The van der Waals surface area contributed by atoms with Crippen molar-refractivity contribution in [2.75, 3.05) is 18.5 Å². The van der Waals surface area contributed by atoms with Crippen LogP contribution >= 0.6 is 8.53 Å². The van der Waals surface area contributed by atoms with Crippen LogP contribution in [0.4, 0.5) is 5.95 Å². The summed E-state index contributed by atoms with van der Waals surface area (Å²) in [5, 5.41) is 16.1. The summed E-state index contributed by atoms with van der Waals surface area (Å²) in [6.45, 7) is 12.3. The number of H-pyrrole nitrogens is 1. The number of nitrogens with one attached hydrogen (secondary N) is 3. The van der Waals surface area contributed by atoms with Gasteiger partial charge >= 0.3 is 0 Å². The summed E-state index contributed by atoms with van der Waals surface area (Å²) in [6.07, 6.45) is 1.10. The van der Waals surface area contributed by atoms with Crippen molar-refractivity contribution in [2.45, 2.75) is 90.4 Å². The lowest BCUT2D eigenvalue weighted by Crippen LogP contribution is -2.53. The fraction of sp³-hybridized carbons (Fsp3) is 0.405. The molecule has 0 spiro atoms. The van der Waals surface area contributed by atoms with Crippen LogP contribution in [0.5, 0.6) is 0 Å². The van der Waals surface area contributed by atoms with E-state index in [1.54, 1.807) is 24.7 Å². The van der Waals surface area contributed by atoms with Crippen LogP contribution in [0.3, 0.4) is 0 Å². The fourth-order valence-electron chi connectivity index (χ4n) is 7.21. The van der Waals surface area contributed by atoms with E-state index in [-0.39, 0.29) is 66.7 Å². The summed E-state index contributed by atoms with van der Waals surface area (Å²) in [4.78, 5) is 37.5. The minimum Gasteiger partial charge on any atom is -0.351 e. The first-order chi connectivity index (χ1) is 27.0. The summed E-state index contributed by atoms with van der Waals surface area (Å²) in [7, 11) is -1.57. The molecule has 13 nitrogen and oxygen atoms in total. The molecule has 3 N–H and O–H groups in total. The van der Waals surface area contributed by atoms with Crippen LogP contribution in [0.1, 0.15) is 77.3 Å². The van der Waals surface area contributed by atoms with Crippen LogP contribution in [0.15, 0.2) is 102 Å². The van der Waals surface area contributed by atoms with Gasteiger partial charge in [0, 0.05) is 30.5 Å². The highest BCUT2D eigenvalue weighted by Gasteiger charge is 2.45. The van der Waals surface area contributed by atoms with Crippen LogP contribution in [0.2, 0.25) is 0 Å². The molecule has 3 heterocycles. The number of amides is 1. The molecule has 1 aliphatic heterocycles. The summed E-state index contributed by atoms with van der Waals surface area (Å²) in [5.74, 6) is -0.557. The SMILES string of the molecule is CC(C)C(=O)Nc1nc2c(ncn2C2CC(NC(c3ccccc3)(c3ccccc3)c3ccccc3)C(COP(OCCC#N)N(C(C)C)C(C)C)O2)c(=O)[nH]1. The third kappa shape index (κ3) is 8.92. The Morgan fingerprint density at radius 3 is 2.05 bits per heavy atom. The van der Waals surface area contributed by atoms with Gasteiger partial charge in [-0.25, -0.2) is 9.65 Å². The van der Waals surface area contributed by atoms with E-state index in [1.807, 2.05) is 54.6 Å². The van der Waals surface area contributed by atoms with Crippen LogP contribution in [0.25, 0.3) is 11.2 Å². The van der Waals surface area contributed by atoms with Gasteiger partial charge in [0.1, 0.15) is 6.23 Å². The maximum absolute atomic E-state index is 13.2. The summed E-state index contributed by atoms with van der Waals surface area (Å²) >= 11 is 0. The van der Waals surface area contributed by atoms with Gasteiger partial charge in [-0.05, 0) is 44.4 Å². The van der Waals surface area contributed by atoms with Crippen molar-refractivity contribution in [3.8, 4) is 6.07 Å². The Morgan fingerprint density at radius 1 is 0.964 bits per heavy atom. The second kappa shape index (κ2) is 18.4. The Labute approximate surface area is 329 Å². The molecule has 294 valence electrons. The lowest BCUT2D eigenvalue weighted by molar-refractivity contribution is -0.118. The van der Waals surface area contributed by atoms with E-state index in [2.05, 4.69) is 100 Å². The molecule has 4 unspecified atom stereocenters. The third-order valence-corrected chi connectivity index (χ3v) is 11.9. The van der Waals surface area contributed by atoms with Gasteiger partial charge in [0.25, 0.3) is 14.1 Å². The van der Waals surface area contributed by atoms with Crippen LogP contribution in [0, 0.1) is 17.2 Å². The smallest absolute Gasteiger partial charge is 0.280 e. The molecule has 1 aliphatic rings. The number of ether oxygens (including phenoxy) is 1. The van der Waals surface area contributed by atoms with Crippen molar-refractivity contribution in [2.24, 2.45) is 5.92 Å². The fourth-order valence-corrected chi connectivity index (χ4v) is 8.83. The van der Waals surface area contributed by atoms with Crippen molar-refractivity contribution in [3.63, 3.8) is 0 Å². The highest BCUT2D eigenvalue weighted by Crippen LogP contribution is 2.47. The molecule has 4 atom stereocenters. The van der Waals surface area contributed by atoms with Gasteiger partial charge in [-0.1, -0.05) is 105 Å². The number of aromatic amines is 1. The van der Waals surface area contributed by atoms with E-state index in [0.717, 1.165) is 16.7 Å². The van der Waals surface area contributed by atoms with E-state index in [4.69, 9.17) is 13.8 Å². The normalized spacial score (nSPS) is 17.9. The highest BCUT2D eigenvalue weighted by molar-refractivity contribution is 7.44. The molecule has 1 saturated heterocycles. The first-order valence-corrected chi connectivity index (χ1v) is 20.2. The quantitative estimate of drug-likeness (QED) is 0.0499. The molecule has 2 aromatic heterocycles. The zero-order valence-corrected chi connectivity index (χ0v) is 33.6. The van der Waals surface area contributed by atoms with Gasteiger partial charge in [-0.15, -0.1) is 0 Å². The number of carbonyl (C=O) groups is 1. The molecule has 6 rings (SSSR count). The maximum Gasteiger partial charge on any atom is 0.280 e. The Hall–Kier alpha value is -4.80. The van der Waals surface area contributed by atoms with Crippen molar-refractivity contribution >= 4 is 31.5 Å². The Morgan fingerprint density at radius 2 is 1.54 bits per heavy atom. The molecular weight excluding hydrogens is 727 g/mol. The topological polar surface area (TPSA) is 159 Å². The highest BCUT2D eigenvalue weighted by atomic mass is 31.2. The van der Waals surface area contributed by atoms with Gasteiger partial charge in [0.15, 0.2) is 11.2 Å². The molecule has 1 amide bonds. The molecule has 5 aromatic rings. The predicted molar refractivity (Wildman–Crippen MR) is 217 cm³/mol. The molecule has 0 aliphatic carbocycles. The lowest BCUT2D eigenvalue weighted by Gasteiger charge is -2.40. The Bertz CT molecular complexity index is 2030. The van der Waals surface area contributed by atoms with E-state index >= 15 is 0 Å². The average molecular weight is 779 g/mol. The number of nitrogens with zero attached hydrogens (tertiary/aromatic N) is 5. The van der Waals surface area contributed by atoms with E-state index in [0.29, 0.717) is 6.42 Å². The number of aromatic nitrogens is 4. The van der Waals surface area contributed by atoms with Crippen LogP contribution < -0.4 is 16.2 Å². The Kier molecular flexibility index (Phi) is 13.4. The lowest BCUT2D eigenvalue weighted by atomic mass is 9.76. The van der Waals surface area contributed by atoms with Crippen molar-refractivity contribution in [1.82, 2.24) is 29.5 Å². The number of carbonyl (C=O) groups excluding carboxylic acids is 1. The van der Waals surface area contributed by atoms with Gasteiger partial charge in [0.2, 0.25) is 11.9 Å². The van der Waals surface area contributed by atoms with E-state index < -0.39 is 32.0 Å². The number of benzene rings is 3. The number of nitriles is 1. The number of anilines is 1. The second-order valence-electron chi connectivity index (χ2n) is 14.7. The number of hydrogen-bond donors (Lipinski definition) is 3. The molecule has 3 aromatic carbocycles. The first-order valence-electron chi connectivity index (χ1n) is 19.1. The summed E-state index contributed by atoms with van der Waals surface area (Å²) < 4.78 is 23.9. The number of rotatable bonds is 17. The Balaban J connectivity index is 1.44. The van der Waals surface area contributed by atoms with Gasteiger partial charge in [-0.3, -0.25) is 29.8 Å². The van der Waals surface area contributed by atoms with E-state index in [1.165, 1.54) is 0 Å². The number of hydrogen-bond acceptors (Lipinski definition) is 10. The molecule has 0 radical (unpaired) electrons. The monoisotopic (exact) mass is 778 g/mol. The number of fused-ring (bicyclic) bond motifs is 1. The molecular formula is C42H51N8O5P. The zero-order valence-electron chi connectivity index (χ0n) is 32.8. The molecule has 56 heavy (non-hydrogen) atoms. The van der Waals surface area contributed by atoms with Gasteiger partial charge in [0.05, 0.1) is 43.7 Å². The third-order valence-electron chi connectivity index (χ3n) is 9.78. The van der Waals surface area contributed by atoms with E-state index in [9.17, 15) is 14.9 Å². The molecule has 0 bridgehead atoms. The minimum atomic E-state index is -1.57. The van der Waals surface area contributed by atoms with Crippen molar-refractivity contribution in [1.29, 1.82) is 5.26 Å². The maximum atomic E-state index is 13.2. The standard InChI is InChI=1S/C42H51N8O5P/c1-28(2)39(51)46-41-45-38-37(40(52)47-41)44-27-49(38)36-25-34(35(55-36)26-54-56(53-24-16-23-43)50(29(3)4)30(5)6)48-42(31-17-10-7-11-18-31,32-19-12-8-13-20-32)33-21-14-9-15-22-33/h7-15,17-22,27-30,34-36,48H,16,24-26H2,1-6H3,(H2,45,46,47,51,52). The second-order valence-corrected chi connectivity index (χ2v) is 16.1.